The summed E-state index contributed by atoms with van der Waals surface area (Å²) in [4.78, 5) is 2.48. The zero-order chi connectivity index (χ0) is 17.1. The summed E-state index contributed by atoms with van der Waals surface area (Å²) in [6.07, 6.45) is 3.88. The molecule has 4 rings (SSSR count). The number of aromatic nitrogens is 2. The summed E-state index contributed by atoms with van der Waals surface area (Å²) in [7, 11) is 0. The number of rotatable bonds is 4. The molecule has 4 nitrogen and oxygen atoms in total. The van der Waals surface area contributed by atoms with Crippen molar-refractivity contribution < 1.29 is 4.39 Å². The molecule has 5 heteroatoms. The third kappa shape index (κ3) is 3.48. The number of benzene rings is 2. The second-order valence-corrected chi connectivity index (χ2v) is 6.35. The maximum Gasteiger partial charge on any atom is 0.123 e. The summed E-state index contributed by atoms with van der Waals surface area (Å²) in [5, 5.41) is 10.5. The van der Waals surface area contributed by atoms with Crippen LogP contribution in [0.5, 0.6) is 0 Å². The van der Waals surface area contributed by atoms with E-state index in [-0.39, 0.29) is 11.9 Å². The van der Waals surface area contributed by atoms with Gasteiger partial charge in [0.15, 0.2) is 0 Å². The largest absolute Gasteiger partial charge is 0.314 e. The van der Waals surface area contributed by atoms with Gasteiger partial charge in [0, 0.05) is 37.9 Å². The van der Waals surface area contributed by atoms with Crippen LogP contribution in [0.1, 0.15) is 17.2 Å². The Kier molecular flexibility index (Phi) is 4.59. The molecule has 1 aliphatic heterocycles. The molecule has 1 aromatic heterocycles. The van der Waals surface area contributed by atoms with Crippen LogP contribution in [0.15, 0.2) is 60.9 Å². The van der Waals surface area contributed by atoms with Crippen LogP contribution in [0, 0.1) is 5.82 Å². The Bertz CT molecular complexity index is 791. The Morgan fingerprint density at radius 1 is 0.880 bits per heavy atom. The lowest BCUT2D eigenvalue weighted by Gasteiger charge is -2.34. The van der Waals surface area contributed by atoms with Crippen LogP contribution in [-0.2, 0) is 0 Å². The van der Waals surface area contributed by atoms with Gasteiger partial charge in [-0.1, -0.05) is 36.4 Å². The number of hydrogen-bond donors (Lipinski definition) is 2. The summed E-state index contributed by atoms with van der Waals surface area (Å²) in [5.41, 5.74) is 4.54. The number of piperazine rings is 1. The quantitative estimate of drug-likeness (QED) is 0.769. The summed E-state index contributed by atoms with van der Waals surface area (Å²) in [6, 6.07) is 15.4. The van der Waals surface area contributed by atoms with Gasteiger partial charge in [0.25, 0.3) is 0 Å². The number of nitrogens with zero attached hydrogens (tertiary/aromatic N) is 2. The molecule has 0 bridgehead atoms. The molecule has 0 aliphatic carbocycles. The Morgan fingerprint density at radius 3 is 2.12 bits per heavy atom. The van der Waals surface area contributed by atoms with Gasteiger partial charge in [-0.2, -0.15) is 5.10 Å². The maximum atomic E-state index is 13.1. The zero-order valence-electron chi connectivity index (χ0n) is 14.0. The van der Waals surface area contributed by atoms with Gasteiger partial charge in [0.2, 0.25) is 0 Å². The minimum Gasteiger partial charge on any atom is -0.314 e. The second-order valence-electron chi connectivity index (χ2n) is 6.35. The van der Waals surface area contributed by atoms with E-state index in [1.54, 1.807) is 0 Å². The molecule has 1 fully saturated rings. The molecule has 3 aromatic rings. The fourth-order valence-electron chi connectivity index (χ4n) is 3.47. The molecule has 1 unspecified atom stereocenters. The van der Waals surface area contributed by atoms with E-state index in [4.69, 9.17) is 0 Å². The van der Waals surface area contributed by atoms with E-state index >= 15 is 0 Å². The van der Waals surface area contributed by atoms with Crippen molar-refractivity contribution in [2.45, 2.75) is 6.04 Å². The molecule has 2 N–H and O–H groups in total. The molecule has 2 heterocycles. The summed E-state index contributed by atoms with van der Waals surface area (Å²) in [6.45, 7) is 4.02. The first-order valence-corrected chi connectivity index (χ1v) is 8.60. The van der Waals surface area contributed by atoms with Gasteiger partial charge in [-0.05, 0) is 28.8 Å². The minimum absolute atomic E-state index is 0.197. The van der Waals surface area contributed by atoms with Gasteiger partial charge in [-0.15, -0.1) is 0 Å². The molecule has 0 amide bonds. The highest BCUT2D eigenvalue weighted by molar-refractivity contribution is 5.63. The standard InChI is InChI=1S/C20H21FN4/c21-19-7-5-16(6-8-19)15-1-3-17(4-2-15)20(18-13-23-24-14-18)25-11-9-22-10-12-25/h1-8,13-14,20,22H,9-12H2,(H,23,24). The minimum atomic E-state index is -0.209. The average Bonchev–Trinajstić information content (AvgIpc) is 3.18. The number of hydrogen-bond acceptors (Lipinski definition) is 3. The summed E-state index contributed by atoms with van der Waals surface area (Å²) < 4.78 is 13.1. The van der Waals surface area contributed by atoms with Gasteiger partial charge < -0.3 is 5.32 Å². The normalized spacial score (nSPS) is 16.7. The first kappa shape index (κ1) is 16.0. The van der Waals surface area contributed by atoms with Crippen LogP contribution in [-0.4, -0.2) is 41.3 Å². The Hall–Kier alpha value is -2.50. The van der Waals surface area contributed by atoms with Crippen LogP contribution in [0.3, 0.4) is 0 Å². The first-order chi connectivity index (χ1) is 12.3. The highest BCUT2D eigenvalue weighted by Crippen LogP contribution is 2.30. The van der Waals surface area contributed by atoms with Crippen LogP contribution < -0.4 is 5.32 Å². The third-order valence-corrected chi connectivity index (χ3v) is 4.76. The van der Waals surface area contributed by atoms with E-state index in [1.807, 2.05) is 24.5 Å². The molecule has 1 atom stereocenters. The molecular formula is C20H21FN4. The Balaban J connectivity index is 1.64. The van der Waals surface area contributed by atoms with Crippen molar-refractivity contribution in [2.24, 2.45) is 0 Å². The zero-order valence-corrected chi connectivity index (χ0v) is 14.0. The third-order valence-electron chi connectivity index (χ3n) is 4.76. The lowest BCUT2D eigenvalue weighted by Crippen LogP contribution is -2.45. The van der Waals surface area contributed by atoms with Gasteiger partial charge in [-0.3, -0.25) is 10.00 Å². The highest BCUT2D eigenvalue weighted by atomic mass is 19.1. The smallest absolute Gasteiger partial charge is 0.123 e. The van der Waals surface area contributed by atoms with Crippen molar-refractivity contribution in [1.29, 1.82) is 0 Å². The molecule has 0 saturated carbocycles. The van der Waals surface area contributed by atoms with Crippen molar-refractivity contribution in [3.05, 3.63) is 77.9 Å². The molecule has 1 saturated heterocycles. The molecule has 128 valence electrons. The number of aromatic amines is 1. The molecular weight excluding hydrogens is 315 g/mol. The predicted octanol–water partition coefficient (Wildman–Crippen LogP) is 3.21. The summed E-state index contributed by atoms with van der Waals surface area (Å²) >= 11 is 0. The van der Waals surface area contributed by atoms with Crippen molar-refractivity contribution in [1.82, 2.24) is 20.4 Å². The fourth-order valence-corrected chi connectivity index (χ4v) is 3.47. The van der Waals surface area contributed by atoms with E-state index in [2.05, 4.69) is 44.7 Å². The van der Waals surface area contributed by atoms with Crippen LogP contribution >= 0.6 is 0 Å². The Labute approximate surface area is 146 Å². The SMILES string of the molecule is Fc1ccc(-c2ccc(C(c3cn[nH]c3)N3CCNCC3)cc2)cc1. The highest BCUT2D eigenvalue weighted by Gasteiger charge is 2.24. The fraction of sp³-hybridized carbons (Fsp3) is 0.250. The number of halogens is 1. The first-order valence-electron chi connectivity index (χ1n) is 8.60. The van der Waals surface area contributed by atoms with Crippen LogP contribution in [0.4, 0.5) is 4.39 Å². The van der Waals surface area contributed by atoms with Gasteiger partial charge >= 0.3 is 0 Å². The molecule has 1 aliphatic rings. The topological polar surface area (TPSA) is 44.0 Å². The summed E-state index contributed by atoms with van der Waals surface area (Å²) in [5.74, 6) is -0.209. The lowest BCUT2D eigenvalue weighted by molar-refractivity contribution is 0.198. The van der Waals surface area contributed by atoms with E-state index in [0.29, 0.717) is 0 Å². The molecule has 0 radical (unpaired) electrons. The van der Waals surface area contributed by atoms with E-state index in [0.717, 1.165) is 37.3 Å². The van der Waals surface area contributed by atoms with Crippen LogP contribution in [0.2, 0.25) is 0 Å². The number of nitrogens with one attached hydrogen (secondary N) is 2. The van der Waals surface area contributed by atoms with Crippen molar-refractivity contribution in [3.8, 4) is 11.1 Å². The predicted molar refractivity (Wildman–Crippen MR) is 96.7 cm³/mol. The van der Waals surface area contributed by atoms with Gasteiger partial charge in [0.05, 0.1) is 12.2 Å². The second kappa shape index (κ2) is 7.17. The van der Waals surface area contributed by atoms with Crippen molar-refractivity contribution in [2.75, 3.05) is 26.2 Å². The van der Waals surface area contributed by atoms with Crippen molar-refractivity contribution in [3.63, 3.8) is 0 Å². The van der Waals surface area contributed by atoms with Gasteiger partial charge in [0.1, 0.15) is 5.82 Å². The monoisotopic (exact) mass is 336 g/mol. The average molecular weight is 336 g/mol. The lowest BCUT2D eigenvalue weighted by atomic mass is 9.96. The van der Waals surface area contributed by atoms with Gasteiger partial charge in [-0.25, -0.2) is 4.39 Å². The van der Waals surface area contributed by atoms with E-state index in [1.165, 1.54) is 23.3 Å². The molecule has 2 aromatic carbocycles. The van der Waals surface area contributed by atoms with E-state index in [9.17, 15) is 4.39 Å². The van der Waals surface area contributed by atoms with Crippen molar-refractivity contribution >= 4 is 0 Å². The molecule has 0 spiro atoms. The Morgan fingerprint density at radius 2 is 1.52 bits per heavy atom. The van der Waals surface area contributed by atoms with Crippen LogP contribution in [0.25, 0.3) is 11.1 Å². The maximum absolute atomic E-state index is 13.1. The number of H-pyrrole nitrogens is 1. The van der Waals surface area contributed by atoms with E-state index < -0.39 is 0 Å². The molecule has 25 heavy (non-hydrogen) atoms.